The van der Waals surface area contributed by atoms with Crippen molar-refractivity contribution >= 4 is 5.71 Å². The lowest BCUT2D eigenvalue weighted by Gasteiger charge is -2.50. The summed E-state index contributed by atoms with van der Waals surface area (Å²) in [7, 11) is 1.22. The first-order chi connectivity index (χ1) is 10.1. The van der Waals surface area contributed by atoms with Crippen molar-refractivity contribution in [3.63, 3.8) is 0 Å². The monoisotopic (exact) mass is 325 g/mol. The lowest BCUT2D eigenvalue weighted by atomic mass is 9.65. The Morgan fingerprint density at radius 1 is 1.23 bits per heavy atom. The Morgan fingerprint density at radius 3 is 2.23 bits per heavy atom. The predicted octanol–water partition coefficient (Wildman–Crippen LogP) is -0.250. The molecule has 22 heavy (non-hydrogen) atoms. The van der Waals surface area contributed by atoms with Crippen molar-refractivity contribution in [2.45, 2.75) is 44.5 Å². The molecule has 1 saturated carbocycles. The van der Waals surface area contributed by atoms with E-state index in [1.54, 1.807) is 0 Å². The minimum absolute atomic E-state index is 0.272. The van der Waals surface area contributed by atoms with Crippen molar-refractivity contribution in [3.8, 4) is 0 Å². The molecule has 4 unspecified atom stereocenters. The van der Waals surface area contributed by atoms with E-state index in [1.165, 1.54) is 7.05 Å². The van der Waals surface area contributed by atoms with Gasteiger partial charge in [-0.25, -0.2) is 0 Å². The zero-order valence-electron chi connectivity index (χ0n) is 12.6. The molecule has 0 aromatic carbocycles. The molecule has 2 aliphatic rings. The van der Waals surface area contributed by atoms with Crippen LogP contribution in [0.15, 0.2) is 5.10 Å². The SMILES string of the molecule is CC(C)CNC1C(O)C(C2C(C(F)(F)F)=NN(C)C2O)C1O. The first-order valence-electron chi connectivity index (χ1n) is 7.21. The van der Waals surface area contributed by atoms with E-state index < -0.39 is 48.2 Å². The lowest BCUT2D eigenvalue weighted by molar-refractivity contribution is -0.163. The highest BCUT2D eigenvalue weighted by Gasteiger charge is 2.61. The van der Waals surface area contributed by atoms with E-state index in [1.807, 2.05) is 13.8 Å². The lowest BCUT2D eigenvalue weighted by Crippen LogP contribution is -2.70. The second kappa shape index (κ2) is 5.95. The Bertz CT molecular complexity index is 434. The highest BCUT2D eigenvalue weighted by Crippen LogP contribution is 2.43. The Morgan fingerprint density at radius 2 is 1.77 bits per heavy atom. The van der Waals surface area contributed by atoms with Crippen molar-refractivity contribution in [1.29, 1.82) is 0 Å². The maximum atomic E-state index is 13.0. The van der Waals surface area contributed by atoms with Crippen molar-refractivity contribution < 1.29 is 28.5 Å². The summed E-state index contributed by atoms with van der Waals surface area (Å²) in [6, 6.07) is -0.694. The van der Waals surface area contributed by atoms with Gasteiger partial charge in [-0.1, -0.05) is 13.8 Å². The summed E-state index contributed by atoms with van der Waals surface area (Å²) in [5, 5.41) is 37.3. The number of rotatable bonds is 4. The molecule has 0 aromatic heterocycles. The normalized spacial score (nSPS) is 39.2. The molecule has 1 fully saturated rings. The Kier molecular flexibility index (Phi) is 4.72. The van der Waals surface area contributed by atoms with Crippen LogP contribution in [0.1, 0.15) is 13.8 Å². The van der Waals surface area contributed by atoms with Gasteiger partial charge in [0.15, 0.2) is 6.23 Å². The maximum absolute atomic E-state index is 13.0. The van der Waals surface area contributed by atoms with E-state index in [4.69, 9.17) is 0 Å². The van der Waals surface area contributed by atoms with Gasteiger partial charge in [-0.15, -0.1) is 0 Å². The molecule has 0 saturated heterocycles. The molecule has 1 heterocycles. The molecule has 0 radical (unpaired) electrons. The smallest absolute Gasteiger partial charge is 0.391 e. The third-order valence-corrected chi connectivity index (χ3v) is 4.28. The summed E-state index contributed by atoms with van der Waals surface area (Å²) >= 11 is 0. The van der Waals surface area contributed by atoms with E-state index >= 15 is 0 Å². The van der Waals surface area contributed by atoms with Gasteiger partial charge in [0.1, 0.15) is 5.71 Å². The fourth-order valence-electron chi connectivity index (χ4n) is 3.07. The molecule has 1 aliphatic carbocycles. The average molecular weight is 325 g/mol. The average Bonchev–Trinajstić information content (AvgIpc) is 2.67. The van der Waals surface area contributed by atoms with Gasteiger partial charge in [0.2, 0.25) is 0 Å². The maximum Gasteiger partial charge on any atom is 0.431 e. The highest BCUT2D eigenvalue weighted by atomic mass is 19.4. The summed E-state index contributed by atoms with van der Waals surface area (Å²) in [6.07, 6.45) is -8.58. The summed E-state index contributed by atoms with van der Waals surface area (Å²) in [4.78, 5) is 0. The van der Waals surface area contributed by atoms with E-state index in [9.17, 15) is 28.5 Å². The zero-order chi connectivity index (χ0) is 16.8. The number of hydrogen-bond donors (Lipinski definition) is 4. The van der Waals surface area contributed by atoms with Crippen LogP contribution in [0.3, 0.4) is 0 Å². The number of halogens is 3. The number of alkyl halides is 3. The molecule has 4 N–H and O–H groups in total. The number of aliphatic hydroxyl groups excluding tert-OH is 3. The second-order valence-electron chi connectivity index (χ2n) is 6.38. The van der Waals surface area contributed by atoms with Crippen LogP contribution in [-0.4, -0.2) is 70.3 Å². The van der Waals surface area contributed by atoms with Crippen molar-refractivity contribution in [1.82, 2.24) is 10.3 Å². The van der Waals surface area contributed by atoms with Gasteiger partial charge in [0.25, 0.3) is 0 Å². The fraction of sp³-hybridized carbons (Fsp3) is 0.923. The van der Waals surface area contributed by atoms with E-state index in [-0.39, 0.29) is 5.92 Å². The van der Waals surface area contributed by atoms with Gasteiger partial charge in [-0.05, 0) is 12.5 Å². The van der Waals surface area contributed by atoms with E-state index in [0.29, 0.717) is 6.54 Å². The first kappa shape index (κ1) is 17.5. The molecular formula is C13H22F3N3O3. The Labute approximate surface area is 126 Å². The van der Waals surface area contributed by atoms with Gasteiger partial charge < -0.3 is 20.6 Å². The number of hydrogen-bond acceptors (Lipinski definition) is 6. The topological polar surface area (TPSA) is 88.3 Å². The summed E-state index contributed by atoms with van der Waals surface area (Å²) in [5.74, 6) is -2.30. The minimum Gasteiger partial charge on any atom is -0.391 e. The van der Waals surface area contributed by atoms with Crippen molar-refractivity contribution in [2.24, 2.45) is 22.9 Å². The Hall–Kier alpha value is -0.900. The molecule has 9 heteroatoms. The van der Waals surface area contributed by atoms with Crippen LogP contribution in [0.2, 0.25) is 0 Å². The quantitative estimate of drug-likeness (QED) is 0.573. The predicted molar refractivity (Wildman–Crippen MR) is 72.9 cm³/mol. The fourth-order valence-corrected chi connectivity index (χ4v) is 3.07. The molecule has 0 bridgehead atoms. The molecule has 0 amide bonds. The van der Waals surface area contributed by atoms with Crippen LogP contribution in [-0.2, 0) is 0 Å². The number of nitrogens with one attached hydrogen (secondary N) is 1. The van der Waals surface area contributed by atoms with E-state index in [2.05, 4.69) is 10.4 Å². The number of aliphatic hydroxyl groups is 3. The highest BCUT2D eigenvalue weighted by molar-refractivity contribution is 5.93. The third-order valence-electron chi connectivity index (χ3n) is 4.28. The second-order valence-corrected chi connectivity index (χ2v) is 6.38. The summed E-state index contributed by atoms with van der Waals surface area (Å²) < 4.78 is 39.1. The van der Waals surface area contributed by atoms with Crippen molar-refractivity contribution in [3.05, 3.63) is 0 Å². The van der Waals surface area contributed by atoms with Gasteiger partial charge >= 0.3 is 6.18 Å². The van der Waals surface area contributed by atoms with Gasteiger partial charge in [0.05, 0.1) is 24.2 Å². The number of nitrogens with zero attached hydrogens (tertiary/aromatic N) is 2. The molecule has 6 nitrogen and oxygen atoms in total. The zero-order valence-corrected chi connectivity index (χ0v) is 12.6. The molecule has 2 rings (SSSR count). The molecule has 128 valence electrons. The van der Waals surface area contributed by atoms with Crippen molar-refractivity contribution in [2.75, 3.05) is 13.6 Å². The molecule has 1 aliphatic heterocycles. The summed E-state index contributed by atoms with van der Waals surface area (Å²) in [6.45, 7) is 4.40. The Balaban J connectivity index is 2.13. The van der Waals surface area contributed by atoms with Gasteiger partial charge in [0, 0.05) is 13.0 Å². The van der Waals surface area contributed by atoms with Crippen LogP contribution < -0.4 is 5.32 Å². The third kappa shape index (κ3) is 2.94. The van der Waals surface area contributed by atoms with Crippen LogP contribution in [0, 0.1) is 17.8 Å². The standard InChI is InChI=1S/C13H22F3N3O3/c1-5(2)4-17-8-9(20)6(10(8)21)7-11(13(14,15)16)18-19(3)12(7)22/h5-10,12,17,20-22H,4H2,1-3H3. The van der Waals surface area contributed by atoms with Gasteiger partial charge in [-0.3, -0.25) is 5.01 Å². The van der Waals surface area contributed by atoms with Gasteiger partial charge in [-0.2, -0.15) is 18.3 Å². The van der Waals surface area contributed by atoms with Crippen LogP contribution in [0.25, 0.3) is 0 Å². The molecule has 0 spiro atoms. The minimum atomic E-state index is -4.72. The number of hydrazone groups is 1. The van der Waals surface area contributed by atoms with Crippen LogP contribution in [0.4, 0.5) is 13.2 Å². The van der Waals surface area contributed by atoms with E-state index in [0.717, 1.165) is 5.01 Å². The first-order valence-corrected chi connectivity index (χ1v) is 7.21. The van der Waals surface area contributed by atoms with Crippen LogP contribution in [0.5, 0.6) is 0 Å². The molecule has 0 aromatic rings. The summed E-state index contributed by atoms with van der Waals surface area (Å²) in [5.41, 5.74) is -1.16. The largest absolute Gasteiger partial charge is 0.431 e. The molecule has 4 atom stereocenters. The van der Waals surface area contributed by atoms with Crippen LogP contribution >= 0.6 is 0 Å². The molecular weight excluding hydrogens is 303 g/mol.